The molecule has 3 nitrogen and oxygen atoms in total. The summed E-state index contributed by atoms with van der Waals surface area (Å²) in [4.78, 5) is 7.18. The summed E-state index contributed by atoms with van der Waals surface area (Å²) in [5.41, 5.74) is 0.839. The average Bonchev–Trinajstić information content (AvgIpc) is 2.54. The van der Waals surface area contributed by atoms with Gasteiger partial charge in [-0.1, -0.05) is 37.3 Å². The molecule has 21 heavy (non-hydrogen) atoms. The van der Waals surface area contributed by atoms with Gasteiger partial charge >= 0.3 is 0 Å². The molecule has 110 valence electrons. The lowest BCUT2D eigenvalue weighted by Gasteiger charge is -2.28. The summed E-state index contributed by atoms with van der Waals surface area (Å²) in [6.07, 6.45) is 4.08. The Kier molecular flexibility index (Phi) is 4.20. The van der Waals surface area contributed by atoms with Crippen LogP contribution in [0.15, 0.2) is 41.4 Å². The monoisotopic (exact) mass is 282 g/mol. The molecular formula is C18H22N2O. The van der Waals surface area contributed by atoms with E-state index in [0.717, 1.165) is 48.8 Å². The van der Waals surface area contributed by atoms with Gasteiger partial charge in [0.05, 0.1) is 6.04 Å². The van der Waals surface area contributed by atoms with Crippen LogP contribution in [0.5, 0.6) is 5.75 Å². The van der Waals surface area contributed by atoms with Crippen LogP contribution >= 0.6 is 0 Å². The number of nitrogens with zero attached hydrogens (tertiary/aromatic N) is 2. The molecule has 0 aromatic heterocycles. The predicted octanol–water partition coefficient (Wildman–Crippen LogP) is 3.45. The van der Waals surface area contributed by atoms with Crippen molar-refractivity contribution in [2.45, 2.75) is 25.8 Å². The van der Waals surface area contributed by atoms with Gasteiger partial charge in [0.25, 0.3) is 0 Å². The third kappa shape index (κ3) is 3.08. The molecule has 2 aromatic rings. The van der Waals surface area contributed by atoms with Crippen molar-refractivity contribution >= 4 is 17.0 Å². The van der Waals surface area contributed by atoms with E-state index in [4.69, 9.17) is 4.99 Å². The number of aliphatic imine (C=N–C) groups is 1. The highest BCUT2D eigenvalue weighted by atomic mass is 16.3. The van der Waals surface area contributed by atoms with E-state index in [-0.39, 0.29) is 0 Å². The van der Waals surface area contributed by atoms with E-state index in [1.165, 1.54) is 0 Å². The summed E-state index contributed by atoms with van der Waals surface area (Å²) in [5.74, 6) is 0.309. The standard InChI is InChI=1S/C18H22N2O/c1-2-20-11-9-15(10-12-20)19-13-17-16-6-4-3-5-14(16)7-8-18(17)21/h3-8,13,15,21H,2,9-12H2,1H3. The van der Waals surface area contributed by atoms with E-state index in [2.05, 4.69) is 17.9 Å². The number of phenols is 1. The van der Waals surface area contributed by atoms with Crippen molar-refractivity contribution in [2.24, 2.45) is 4.99 Å². The second kappa shape index (κ2) is 6.27. The highest BCUT2D eigenvalue weighted by molar-refractivity contribution is 6.02. The largest absolute Gasteiger partial charge is 0.507 e. The Hall–Kier alpha value is -1.87. The fourth-order valence-corrected chi connectivity index (χ4v) is 2.98. The molecule has 0 atom stereocenters. The van der Waals surface area contributed by atoms with Crippen molar-refractivity contribution in [3.05, 3.63) is 42.0 Å². The van der Waals surface area contributed by atoms with Gasteiger partial charge < -0.3 is 10.0 Å². The molecule has 1 fully saturated rings. The number of aromatic hydroxyl groups is 1. The van der Waals surface area contributed by atoms with Gasteiger partial charge in [-0.15, -0.1) is 0 Å². The number of likely N-dealkylation sites (tertiary alicyclic amines) is 1. The number of piperidine rings is 1. The second-order valence-electron chi connectivity index (χ2n) is 5.66. The molecule has 0 amide bonds. The van der Waals surface area contributed by atoms with E-state index in [0.29, 0.717) is 11.8 Å². The Balaban J connectivity index is 1.81. The van der Waals surface area contributed by atoms with Crippen molar-refractivity contribution in [3.63, 3.8) is 0 Å². The molecule has 1 saturated heterocycles. The van der Waals surface area contributed by atoms with Gasteiger partial charge in [-0.3, -0.25) is 4.99 Å². The maximum Gasteiger partial charge on any atom is 0.124 e. The first-order valence-corrected chi connectivity index (χ1v) is 7.74. The average molecular weight is 282 g/mol. The molecule has 2 aromatic carbocycles. The molecule has 0 aliphatic carbocycles. The molecular weight excluding hydrogens is 260 g/mol. The SMILES string of the molecule is CCN1CCC(N=Cc2c(O)ccc3ccccc23)CC1. The Morgan fingerprint density at radius 2 is 1.95 bits per heavy atom. The van der Waals surface area contributed by atoms with E-state index >= 15 is 0 Å². The van der Waals surface area contributed by atoms with Crippen LogP contribution in [-0.4, -0.2) is 41.9 Å². The van der Waals surface area contributed by atoms with Crippen LogP contribution in [0.3, 0.4) is 0 Å². The lowest BCUT2D eigenvalue weighted by molar-refractivity contribution is 0.224. The molecule has 0 bridgehead atoms. The lowest BCUT2D eigenvalue weighted by atomic mass is 10.0. The summed E-state index contributed by atoms with van der Waals surface area (Å²) in [7, 11) is 0. The zero-order valence-corrected chi connectivity index (χ0v) is 12.5. The zero-order chi connectivity index (χ0) is 14.7. The van der Waals surface area contributed by atoms with E-state index in [1.807, 2.05) is 30.5 Å². The third-order valence-corrected chi connectivity index (χ3v) is 4.37. The van der Waals surface area contributed by atoms with Crippen molar-refractivity contribution in [3.8, 4) is 5.75 Å². The van der Waals surface area contributed by atoms with Crippen LogP contribution in [0, 0.1) is 0 Å². The molecule has 0 spiro atoms. The first-order valence-electron chi connectivity index (χ1n) is 7.74. The highest BCUT2D eigenvalue weighted by Gasteiger charge is 2.16. The molecule has 3 rings (SSSR count). The first-order chi connectivity index (χ1) is 10.3. The summed E-state index contributed by atoms with van der Waals surface area (Å²) < 4.78 is 0. The van der Waals surface area contributed by atoms with Gasteiger partial charge in [0.15, 0.2) is 0 Å². The summed E-state index contributed by atoms with van der Waals surface area (Å²) in [6.45, 7) is 5.58. The first kappa shape index (κ1) is 14.1. The van der Waals surface area contributed by atoms with E-state index in [1.54, 1.807) is 6.07 Å². The van der Waals surface area contributed by atoms with Gasteiger partial charge in [0, 0.05) is 24.9 Å². The van der Waals surface area contributed by atoms with Crippen molar-refractivity contribution < 1.29 is 5.11 Å². The van der Waals surface area contributed by atoms with Crippen LogP contribution in [-0.2, 0) is 0 Å². The zero-order valence-electron chi connectivity index (χ0n) is 12.5. The number of phenolic OH excluding ortho intramolecular Hbond substituents is 1. The van der Waals surface area contributed by atoms with Crippen LogP contribution in [0.2, 0.25) is 0 Å². The smallest absolute Gasteiger partial charge is 0.124 e. The molecule has 1 N–H and O–H groups in total. The maximum absolute atomic E-state index is 10.1. The van der Waals surface area contributed by atoms with E-state index < -0.39 is 0 Å². The second-order valence-corrected chi connectivity index (χ2v) is 5.66. The normalized spacial score (nSPS) is 17.8. The number of hydrogen-bond acceptors (Lipinski definition) is 3. The fraction of sp³-hybridized carbons (Fsp3) is 0.389. The molecule has 0 radical (unpaired) electrons. The van der Waals surface area contributed by atoms with Crippen LogP contribution < -0.4 is 0 Å². The number of fused-ring (bicyclic) bond motifs is 1. The van der Waals surface area contributed by atoms with Gasteiger partial charge in [0.1, 0.15) is 5.75 Å². The topological polar surface area (TPSA) is 35.8 Å². The van der Waals surface area contributed by atoms with Gasteiger partial charge in [0.2, 0.25) is 0 Å². The highest BCUT2D eigenvalue weighted by Crippen LogP contribution is 2.26. The minimum absolute atomic E-state index is 0.309. The molecule has 1 heterocycles. The Morgan fingerprint density at radius 3 is 2.71 bits per heavy atom. The molecule has 3 heteroatoms. The van der Waals surface area contributed by atoms with Crippen molar-refractivity contribution in [1.29, 1.82) is 0 Å². The van der Waals surface area contributed by atoms with Crippen molar-refractivity contribution in [1.82, 2.24) is 4.90 Å². The Labute approximate surface area is 125 Å². The minimum atomic E-state index is 0.309. The number of rotatable bonds is 3. The molecule has 1 aliphatic rings. The summed E-state index contributed by atoms with van der Waals surface area (Å²) in [5, 5.41) is 12.3. The van der Waals surface area contributed by atoms with Crippen LogP contribution in [0.4, 0.5) is 0 Å². The predicted molar refractivity (Wildman–Crippen MR) is 88.3 cm³/mol. The molecule has 0 unspecified atom stereocenters. The lowest BCUT2D eigenvalue weighted by Crippen LogP contribution is -2.35. The maximum atomic E-state index is 10.1. The summed E-state index contributed by atoms with van der Waals surface area (Å²) >= 11 is 0. The molecule has 0 saturated carbocycles. The quantitative estimate of drug-likeness (QED) is 0.875. The minimum Gasteiger partial charge on any atom is -0.507 e. The third-order valence-electron chi connectivity index (χ3n) is 4.37. The van der Waals surface area contributed by atoms with Gasteiger partial charge in [-0.25, -0.2) is 0 Å². The fourth-order valence-electron chi connectivity index (χ4n) is 2.98. The Morgan fingerprint density at radius 1 is 1.19 bits per heavy atom. The van der Waals surface area contributed by atoms with Crippen LogP contribution in [0.25, 0.3) is 10.8 Å². The van der Waals surface area contributed by atoms with Crippen molar-refractivity contribution in [2.75, 3.05) is 19.6 Å². The van der Waals surface area contributed by atoms with Crippen LogP contribution in [0.1, 0.15) is 25.3 Å². The van der Waals surface area contributed by atoms with Gasteiger partial charge in [-0.2, -0.15) is 0 Å². The number of benzene rings is 2. The number of hydrogen-bond donors (Lipinski definition) is 1. The van der Waals surface area contributed by atoms with E-state index in [9.17, 15) is 5.11 Å². The summed E-state index contributed by atoms with van der Waals surface area (Å²) in [6, 6.07) is 12.2. The van der Waals surface area contributed by atoms with Gasteiger partial charge in [-0.05, 0) is 36.2 Å². The Bertz CT molecular complexity index is 643. The molecule has 1 aliphatic heterocycles.